The molecular weight excluding hydrogens is 276 g/mol. The number of aromatic nitrogens is 2. The number of halogens is 1. The molecule has 0 aliphatic heterocycles. The molecule has 0 spiro atoms. The van der Waals surface area contributed by atoms with E-state index in [9.17, 15) is 4.79 Å². The molecular formula is C14H21ClN4O. The SMILES string of the molecule is CN(c1c(Cl)cnn(CC2CC2)c1=O)C(CN)C1CC1. The number of rotatable bonds is 6. The summed E-state index contributed by atoms with van der Waals surface area (Å²) >= 11 is 6.22. The van der Waals surface area contributed by atoms with Crippen molar-refractivity contribution in [2.24, 2.45) is 17.6 Å². The first-order valence-corrected chi connectivity index (χ1v) is 7.68. The van der Waals surface area contributed by atoms with Gasteiger partial charge in [-0.2, -0.15) is 5.10 Å². The molecule has 1 aromatic rings. The fourth-order valence-electron chi connectivity index (χ4n) is 2.77. The van der Waals surface area contributed by atoms with Crippen LogP contribution in [0, 0.1) is 11.8 Å². The second kappa shape index (κ2) is 5.37. The van der Waals surface area contributed by atoms with Gasteiger partial charge in [-0.25, -0.2) is 4.68 Å². The lowest BCUT2D eigenvalue weighted by Gasteiger charge is -2.29. The highest BCUT2D eigenvalue weighted by Crippen LogP contribution is 2.36. The van der Waals surface area contributed by atoms with Gasteiger partial charge in [0.15, 0.2) is 0 Å². The molecule has 2 aliphatic carbocycles. The molecule has 0 radical (unpaired) electrons. The molecule has 5 nitrogen and oxygen atoms in total. The normalized spacial score (nSPS) is 19.9. The van der Waals surface area contributed by atoms with E-state index in [0.717, 1.165) is 0 Å². The summed E-state index contributed by atoms with van der Waals surface area (Å²) in [6, 6.07) is 0.192. The van der Waals surface area contributed by atoms with E-state index in [2.05, 4.69) is 5.10 Å². The molecule has 0 bridgehead atoms. The van der Waals surface area contributed by atoms with Gasteiger partial charge in [0.25, 0.3) is 5.56 Å². The third-order valence-corrected chi connectivity index (χ3v) is 4.64. The summed E-state index contributed by atoms with van der Waals surface area (Å²) in [4.78, 5) is 14.6. The first kappa shape index (κ1) is 13.9. The van der Waals surface area contributed by atoms with Gasteiger partial charge in [0.1, 0.15) is 5.69 Å². The predicted octanol–water partition coefficient (Wildman–Crippen LogP) is 1.48. The summed E-state index contributed by atoms with van der Waals surface area (Å²) in [6.45, 7) is 1.25. The fourth-order valence-corrected chi connectivity index (χ4v) is 3.02. The van der Waals surface area contributed by atoms with Crippen molar-refractivity contribution in [1.82, 2.24) is 9.78 Å². The van der Waals surface area contributed by atoms with Crippen LogP contribution in [0.15, 0.2) is 11.0 Å². The van der Waals surface area contributed by atoms with Crippen LogP contribution < -0.4 is 16.2 Å². The lowest BCUT2D eigenvalue weighted by molar-refractivity contribution is 0.523. The molecule has 110 valence electrons. The highest BCUT2D eigenvalue weighted by atomic mass is 35.5. The molecule has 1 aromatic heterocycles. The maximum atomic E-state index is 12.6. The molecule has 2 N–H and O–H groups in total. The van der Waals surface area contributed by atoms with Crippen LogP contribution >= 0.6 is 11.6 Å². The zero-order valence-electron chi connectivity index (χ0n) is 11.8. The molecule has 2 saturated carbocycles. The molecule has 0 amide bonds. The summed E-state index contributed by atoms with van der Waals surface area (Å²) in [5.74, 6) is 1.19. The quantitative estimate of drug-likeness (QED) is 0.863. The first-order chi connectivity index (χ1) is 9.61. The molecule has 3 rings (SSSR count). The van der Waals surface area contributed by atoms with Crippen LogP contribution in [0.2, 0.25) is 5.02 Å². The third kappa shape index (κ3) is 2.69. The zero-order chi connectivity index (χ0) is 14.3. The number of anilines is 1. The fraction of sp³-hybridized carbons (Fsp3) is 0.714. The minimum atomic E-state index is -0.0917. The molecule has 2 fully saturated rings. The van der Waals surface area contributed by atoms with Gasteiger partial charge in [0.2, 0.25) is 0 Å². The lowest BCUT2D eigenvalue weighted by atomic mass is 10.1. The Morgan fingerprint density at radius 2 is 2.20 bits per heavy atom. The number of nitrogens with zero attached hydrogens (tertiary/aromatic N) is 3. The number of likely N-dealkylation sites (N-methyl/N-ethyl adjacent to an activating group) is 1. The van der Waals surface area contributed by atoms with Crippen LogP contribution in [0.5, 0.6) is 0 Å². The van der Waals surface area contributed by atoms with E-state index in [-0.39, 0.29) is 11.6 Å². The smallest absolute Gasteiger partial charge is 0.291 e. The minimum Gasteiger partial charge on any atom is -0.364 e. The van der Waals surface area contributed by atoms with Gasteiger partial charge in [-0.15, -0.1) is 0 Å². The Balaban J connectivity index is 1.91. The maximum Gasteiger partial charge on any atom is 0.291 e. The van der Waals surface area contributed by atoms with Crippen LogP contribution in [-0.2, 0) is 6.54 Å². The van der Waals surface area contributed by atoms with Crippen LogP contribution in [0.3, 0.4) is 0 Å². The van der Waals surface area contributed by atoms with Gasteiger partial charge >= 0.3 is 0 Å². The van der Waals surface area contributed by atoms with Gasteiger partial charge in [-0.3, -0.25) is 4.79 Å². The Kier molecular flexibility index (Phi) is 3.73. The second-order valence-electron chi connectivity index (χ2n) is 6.02. The molecule has 6 heteroatoms. The van der Waals surface area contributed by atoms with Crippen molar-refractivity contribution in [3.05, 3.63) is 21.6 Å². The highest BCUT2D eigenvalue weighted by Gasteiger charge is 2.35. The molecule has 1 unspecified atom stereocenters. The first-order valence-electron chi connectivity index (χ1n) is 7.30. The summed E-state index contributed by atoms with van der Waals surface area (Å²) in [5, 5.41) is 4.58. The van der Waals surface area contributed by atoms with Crippen molar-refractivity contribution in [2.45, 2.75) is 38.3 Å². The zero-order valence-corrected chi connectivity index (χ0v) is 12.5. The maximum absolute atomic E-state index is 12.6. The topological polar surface area (TPSA) is 64.2 Å². The largest absolute Gasteiger partial charge is 0.364 e. The Morgan fingerprint density at radius 3 is 2.75 bits per heavy atom. The number of hydrogen-bond donors (Lipinski definition) is 1. The van der Waals surface area contributed by atoms with Crippen molar-refractivity contribution in [2.75, 3.05) is 18.5 Å². The summed E-state index contributed by atoms with van der Waals surface area (Å²) < 4.78 is 1.55. The number of hydrogen-bond acceptors (Lipinski definition) is 4. The van der Waals surface area contributed by atoms with Crippen molar-refractivity contribution in [3.63, 3.8) is 0 Å². The molecule has 0 saturated heterocycles. The van der Waals surface area contributed by atoms with Crippen molar-refractivity contribution in [3.8, 4) is 0 Å². The van der Waals surface area contributed by atoms with Gasteiger partial charge < -0.3 is 10.6 Å². The van der Waals surface area contributed by atoms with Crippen molar-refractivity contribution in [1.29, 1.82) is 0 Å². The molecule has 1 atom stereocenters. The minimum absolute atomic E-state index is 0.0917. The van der Waals surface area contributed by atoms with Gasteiger partial charge in [0, 0.05) is 26.2 Å². The summed E-state index contributed by atoms with van der Waals surface area (Å²) in [6.07, 6.45) is 6.33. The number of nitrogens with two attached hydrogens (primary N) is 1. The van der Waals surface area contributed by atoms with E-state index < -0.39 is 0 Å². The molecule has 2 aliphatic rings. The Hall–Kier alpha value is -1.07. The summed E-state index contributed by atoms with van der Waals surface area (Å²) in [5.41, 5.74) is 6.33. The van der Waals surface area contributed by atoms with Gasteiger partial charge in [0.05, 0.1) is 11.2 Å². The van der Waals surface area contributed by atoms with Crippen LogP contribution in [0.4, 0.5) is 5.69 Å². The standard InChI is InChI=1S/C14H21ClN4O/c1-18(12(6-16)10-4-5-10)13-11(15)7-17-19(14(13)20)8-9-2-3-9/h7,9-10,12H,2-6,8,16H2,1H3. The molecule has 0 aromatic carbocycles. The van der Waals surface area contributed by atoms with E-state index in [0.29, 0.717) is 35.6 Å². The third-order valence-electron chi connectivity index (χ3n) is 4.36. The molecule has 20 heavy (non-hydrogen) atoms. The van der Waals surface area contributed by atoms with Crippen LogP contribution in [0.1, 0.15) is 25.7 Å². The monoisotopic (exact) mass is 296 g/mol. The van der Waals surface area contributed by atoms with E-state index >= 15 is 0 Å². The van der Waals surface area contributed by atoms with Crippen molar-refractivity contribution < 1.29 is 0 Å². The van der Waals surface area contributed by atoms with E-state index in [1.807, 2.05) is 11.9 Å². The lowest BCUT2D eigenvalue weighted by Crippen LogP contribution is -2.43. The van der Waals surface area contributed by atoms with Crippen LogP contribution in [0.25, 0.3) is 0 Å². The molecule has 1 heterocycles. The van der Waals surface area contributed by atoms with Gasteiger partial charge in [-0.05, 0) is 37.5 Å². The predicted molar refractivity (Wildman–Crippen MR) is 80.2 cm³/mol. The average molecular weight is 297 g/mol. The van der Waals surface area contributed by atoms with E-state index in [1.54, 1.807) is 10.9 Å². The Labute approximate surface area is 123 Å². The Morgan fingerprint density at radius 1 is 1.50 bits per heavy atom. The van der Waals surface area contributed by atoms with Gasteiger partial charge in [-0.1, -0.05) is 11.6 Å². The summed E-state index contributed by atoms with van der Waals surface area (Å²) in [7, 11) is 1.92. The highest BCUT2D eigenvalue weighted by molar-refractivity contribution is 6.33. The average Bonchev–Trinajstić information content (AvgIpc) is 3.27. The van der Waals surface area contributed by atoms with Crippen LogP contribution in [-0.4, -0.2) is 29.4 Å². The van der Waals surface area contributed by atoms with E-state index in [1.165, 1.54) is 25.7 Å². The Bertz CT molecular complexity index is 551. The van der Waals surface area contributed by atoms with Crippen molar-refractivity contribution >= 4 is 17.3 Å². The second-order valence-corrected chi connectivity index (χ2v) is 6.43. The van der Waals surface area contributed by atoms with E-state index in [4.69, 9.17) is 17.3 Å².